The molecule has 0 aromatic heterocycles. The van der Waals surface area contributed by atoms with Crippen LogP contribution in [0.4, 0.5) is 13.2 Å². The van der Waals surface area contributed by atoms with Crippen LogP contribution in [0.15, 0.2) is 12.2 Å². The van der Waals surface area contributed by atoms with Crippen LogP contribution in [0.3, 0.4) is 0 Å². The van der Waals surface area contributed by atoms with E-state index < -0.39 is 24.9 Å². The lowest BCUT2D eigenvalue weighted by molar-refractivity contribution is -0.144. The van der Waals surface area contributed by atoms with Gasteiger partial charge in [-0.15, -0.1) is 0 Å². The van der Waals surface area contributed by atoms with Gasteiger partial charge in [-0.1, -0.05) is 12.2 Å². The third-order valence-corrected chi connectivity index (χ3v) is 1.36. The van der Waals surface area contributed by atoms with Gasteiger partial charge in [-0.25, -0.2) is 0 Å². The average molecular weight is 210 g/mol. The van der Waals surface area contributed by atoms with Crippen LogP contribution in [0.25, 0.3) is 0 Å². The van der Waals surface area contributed by atoms with E-state index in [1.54, 1.807) is 12.2 Å². The van der Waals surface area contributed by atoms with Gasteiger partial charge in [-0.05, 0) is 0 Å². The number of nitrogens with two attached hydrogens (primary N) is 1. The van der Waals surface area contributed by atoms with Crippen molar-refractivity contribution in [3.05, 3.63) is 12.2 Å². The minimum Gasteiger partial charge on any atom is -0.353 e. The van der Waals surface area contributed by atoms with Crippen LogP contribution >= 0.6 is 0 Å². The molecule has 3 N–H and O–H groups in total. The highest BCUT2D eigenvalue weighted by atomic mass is 19.4. The summed E-state index contributed by atoms with van der Waals surface area (Å²) in [4.78, 5) is 10.8. The molecular weight excluding hydrogens is 197 g/mol. The maximum Gasteiger partial charge on any atom is 0.389 e. The molecule has 0 atom stereocenters. The quantitative estimate of drug-likeness (QED) is 0.664. The van der Waals surface area contributed by atoms with E-state index in [9.17, 15) is 18.0 Å². The molecule has 0 aliphatic heterocycles. The summed E-state index contributed by atoms with van der Waals surface area (Å²) in [5, 5.41) is 2.31. The Bertz CT molecular complexity index is 201. The fourth-order valence-corrected chi connectivity index (χ4v) is 0.696. The van der Waals surface area contributed by atoms with Crippen molar-refractivity contribution in [1.82, 2.24) is 5.32 Å². The average Bonchev–Trinajstić information content (AvgIpc) is 2.08. The lowest BCUT2D eigenvalue weighted by atomic mass is 10.3. The highest BCUT2D eigenvalue weighted by Crippen LogP contribution is 2.20. The van der Waals surface area contributed by atoms with Gasteiger partial charge in [-0.2, -0.15) is 13.2 Å². The second-order valence-electron chi connectivity index (χ2n) is 2.63. The fraction of sp³-hybridized carbons (Fsp3) is 0.625. The lowest BCUT2D eigenvalue weighted by Gasteiger charge is -2.05. The molecule has 0 saturated carbocycles. The summed E-state index contributed by atoms with van der Waals surface area (Å²) in [7, 11) is 0. The van der Waals surface area contributed by atoms with E-state index in [4.69, 9.17) is 5.73 Å². The number of halogens is 3. The van der Waals surface area contributed by atoms with Crippen LogP contribution in [-0.2, 0) is 4.79 Å². The van der Waals surface area contributed by atoms with Crippen LogP contribution in [0, 0.1) is 0 Å². The van der Waals surface area contributed by atoms with Crippen molar-refractivity contribution in [3.63, 3.8) is 0 Å². The molecule has 3 nitrogen and oxygen atoms in total. The first-order valence-corrected chi connectivity index (χ1v) is 4.14. The van der Waals surface area contributed by atoms with Crippen LogP contribution in [0.1, 0.15) is 12.8 Å². The Morgan fingerprint density at radius 2 is 2.00 bits per heavy atom. The minimum absolute atomic E-state index is 0.216. The number of alkyl halides is 3. The van der Waals surface area contributed by atoms with Crippen molar-refractivity contribution >= 4 is 5.91 Å². The molecular formula is C8H13F3N2O. The van der Waals surface area contributed by atoms with Crippen LogP contribution < -0.4 is 11.1 Å². The topological polar surface area (TPSA) is 55.1 Å². The molecule has 0 rings (SSSR count). The monoisotopic (exact) mass is 210 g/mol. The van der Waals surface area contributed by atoms with Gasteiger partial charge in [0.2, 0.25) is 5.91 Å². The molecule has 0 saturated heterocycles. The Balaban J connectivity index is 3.52. The summed E-state index contributed by atoms with van der Waals surface area (Å²) in [6.45, 7) is 0.562. The first-order valence-electron chi connectivity index (χ1n) is 4.14. The Labute approximate surface area is 80.2 Å². The van der Waals surface area contributed by atoms with Crippen molar-refractivity contribution in [2.75, 3.05) is 13.1 Å². The number of carbonyl (C=O) groups is 1. The molecule has 0 aromatic rings. The van der Waals surface area contributed by atoms with E-state index in [0.717, 1.165) is 0 Å². The molecule has 0 fully saturated rings. The Morgan fingerprint density at radius 1 is 1.36 bits per heavy atom. The summed E-state index contributed by atoms with van der Waals surface area (Å²) < 4.78 is 34.9. The SMILES string of the molecule is NC/C=C/CNC(=O)CCC(F)(F)F. The van der Waals surface area contributed by atoms with Crippen LogP contribution in [0.5, 0.6) is 0 Å². The summed E-state index contributed by atoms with van der Waals surface area (Å²) in [6, 6.07) is 0. The molecule has 0 unspecified atom stereocenters. The summed E-state index contributed by atoms with van der Waals surface area (Å²) in [5.74, 6) is -0.607. The maximum absolute atomic E-state index is 11.6. The van der Waals surface area contributed by atoms with E-state index in [-0.39, 0.29) is 6.54 Å². The smallest absolute Gasteiger partial charge is 0.353 e. The first kappa shape index (κ1) is 13.0. The van der Waals surface area contributed by atoms with E-state index in [1.807, 2.05) is 0 Å². The Morgan fingerprint density at radius 3 is 2.50 bits per heavy atom. The second kappa shape index (κ2) is 6.42. The maximum atomic E-state index is 11.6. The van der Waals surface area contributed by atoms with E-state index in [2.05, 4.69) is 5.32 Å². The molecule has 0 bridgehead atoms. The van der Waals surface area contributed by atoms with Crippen molar-refractivity contribution in [3.8, 4) is 0 Å². The third-order valence-electron chi connectivity index (χ3n) is 1.36. The molecule has 0 spiro atoms. The van der Waals surface area contributed by atoms with Crippen molar-refractivity contribution in [2.24, 2.45) is 5.73 Å². The predicted octanol–water partition coefficient (Wildman–Crippen LogP) is 0.960. The van der Waals surface area contributed by atoms with Gasteiger partial charge in [0, 0.05) is 19.5 Å². The van der Waals surface area contributed by atoms with Gasteiger partial charge < -0.3 is 11.1 Å². The zero-order valence-electron chi connectivity index (χ0n) is 7.60. The van der Waals surface area contributed by atoms with Crippen molar-refractivity contribution in [2.45, 2.75) is 19.0 Å². The molecule has 0 aliphatic rings. The van der Waals surface area contributed by atoms with E-state index in [0.29, 0.717) is 6.54 Å². The van der Waals surface area contributed by atoms with Gasteiger partial charge >= 0.3 is 6.18 Å². The third kappa shape index (κ3) is 9.05. The summed E-state index contributed by atoms with van der Waals surface area (Å²) in [6.07, 6.45) is -2.68. The van der Waals surface area contributed by atoms with Gasteiger partial charge in [0.1, 0.15) is 0 Å². The predicted molar refractivity (Wildman–Crippen MR) is 46.5 cm³/mol. The summed E-state index contributed by atoms with van der Waals surface area (Å²) >= 11 is 0. The lowest BCUT2D eigenvalue weighted by Crippen LogP contribution is -2.25. The molecule has 0 heterocycles. The molecule has 82 valence electrons. The fourth-order valence-electron chi connectivity index (χ4n) is 0.696. The number of hydrogen-bond donors (Lipinski definition) is 2. The molecule has 0 aromatic carbocycles. The van der Waals surface area contributed by atoms with Gasteiger partial charge in [0.05, 0.1) is 6.42 Å². The largest absolute Gasteiger partial charge is 0.389 e. The van der Waals surface area contributed by atoms with E-state index >= 15 is 0 Å². The molecule has 14 heavy (non-hydrogen) atoms. The van der Waals surface area contributed by atoms with Crippen LogP contribution in [-0.4, -0.2) is 25.2 Å². The van der Waals surface area contributed by atoms with Crippen LogP contribution in [0.2, 0.25) is 0 Å². The molecule has 6 heteroatoms. The number of amides is 1. The normalized spacial score (nSPS) is 12.0. The van der Waals surface area contributed by atoms with Gasteiger partial charge in [0.25, 0.3) is 0 Å². The van der Waals surface area contributed by atoms with E-state index in [1.165, 1.54) is 0 Å². The number of nitrogens with one attached hydrogen (secondary N) is 1. The van der Waals surface area contributed by atoms with Gasteiger partial charge in [-0.3, -0.25) is 4.79 Å². The Kier molecular flexibility index (Phi) is 5.94. The minimum atomic E-state index is -4.27. The van der Waals surface area contributed by atoms with Gasteiger partial charge in [0.15, 0.2) is 0 Å². The number of hydrogen-bond acceptors (Lipinski definition) is 2. The first-order chi connectivity index (χ1) is 6.45. The molecule has 0 aliphatic carbocycles. The zero-order chi connectivity index (χ0) is 11.0. The highest BCUT2D eigenvalue weighted by Gasteiger charge is 2.27. The number of rotatable bonds is 5. The van der Waals surface area contributed by atoms with Crippen molar-refractivity contribution < 1.29 is 18.0 Å². The number of carbonyl (C=O) groups excluding carboxylic acids is 1. The molecule has 0 radical (unpaired) electrons. The second-order valence-corrected chi connectivity index (χ2v) is 2.63. The summed E-state index contributed by atoms with van der Waals surface area (Å²) in [5.41, 5.74) is 5.11. The Hall–Kier alpha value is -1.04. The van der Waals surface area contributed by atoms with Crippen molar-refractivity contribution in [1.29, 1.82) is 0 Å². The molecule has 1 amide bonds. The zero-order valence-corrected chi connectivity index (χ0v) is 7.60. The highest BCUT2D eigenvalue weighted by molar-refractivity contribution is 5.76. The standard InChI is InChI=1S/C8H13F3N2O/c9-8(10,11)4-3-7(14)13-6-2-1-5-12/h1-2H,3-6,12H2,(H,13,14)/b2-1+.